The number of hydrogen-bond donors (Lipinski definition) is 0. The third kappa shape index (κ3) is 17.7. The molecule has 0 unspecified atom stereocenters. The Morgan fingerprint density at radius 1 is 0.567 bits per heavy atom. The van der Waals surface area contributed by atoms with E-state index in [1.165, 1.54) is 25.7 Å². The molecule has 0 radical (unpaired) electrons. The van der Waals surface area contributed by atoms with Crippen LogP contribution in [0.15, 0.2) is 0 Å². The molecule has 0 spiro atoms. The summed E-state index contributed by atoms with van der Waals surface area (Å²) in [5, 5.41) is 0. The van der Waals surface area contributed by atoms with Crippen molar-refractivity contribution in [3.05, 3.63) is 0 Å². The third-order valence-corrected chi connectivity index (χ3v) is 5.02. The van der Waals surface area contributed by atoms with E-state index < -0.39 is 11.2 Å². The lowest BCUT2D eigenvalue weighted by molar-refractivity contribution is -0.340. The zero-order chi connectivity index (χ0) is 22.9. The summed E-state index contributed by atoms with van der Waals surface area (Å²) >= 11 is 0. The Labute approximate surface area is 184 Å². The Morgan fingerprint density at radius 3 is 1.23 bits per heavy atom. The predicted octanol–water partition coefficient (Wildman–Crippen LogP) is 6.99. The fourth-order valence-electron chi connectivity index (χ4n) is 2.83. The van der Waals surface area contributed by atoms with Crippen LogP contribution in [-0.2, 0) is 29.1 Å². The lowest BCUT2D eigenvalue weighted by atomic mass is 9.94. The van der Waals surface area contributed by atoms with Gasteiger partial charge < -0.3 is 0 Å². The van der Waals surface area contributed by atoms with Gasteiger partial charge in [-0.2, -0.15) is 9.78 Å². The summed E-state index contributed by atoms with van der Waals surface area (Å²) in [4.78, 5) is 44.3. The van der Waals surface area contributed by atoms with Gasteiger partial charge in [0, 0.05) is 12.8 Å². The van der Waals surface area contributed by atoms with Gasteiger partial charge in [-0.3, -0.25) is 9.78 Å². The highest BCUT2D eigenvalue weighted by atomic mass is 17.2. The van der Waals surface area contributed by atoms with E-state index in [0.717, 1.165) is 38.5 Å². The maximum absolute atomic E-state index is 11.8. The van der Waals surface area contributed by atoms with Crippen LogP contribution in [0.1, 0.15) is 131 Å². The molecule has 0 heterocycles. The van der Waals surface area contributed by atoms with Gasteiger partial charge in [-0.05, 0) is 53.4 Å². The van der Waals surface area contributed by atoms with E-state index in [2.05, 4.69) is 13.8 Å². The second-order valence-electron chi connectivity index (χ2n) is 9.43. The second kappa shape index (κ2) is 16.5. The van der Waals surface area contributed by atoms with Crippen molar-refractivity contribution in [2.45, 2.75) is 143 Å². The summed E-state index contributed by atoms with van der Waals surface area (Å²) in [5.41, 5.74) is -1.30. The minimum atomic E-state index is -0.651. The van der Waals surface area contributed by atoms with Crippen molar-refractivity contribution in [3.8, 4) is 0 Å². The fourth-order valence-corrected chi connectivity index (χ4v) is 2.83. The summed E-state index contributed by atoms with van der Waals surface area (Å²) in [5.74, 6) is -0.661. The first kappa shape index (κ1) is 28.9. The van der Waals surface area contributed by atoms with E-state index in [-0.39, 0.29) is 11.9 Å². The molecule has 6 nitrogen and oxygen atoms in total. The number of hydrogen-bond acceptors (Lipinski definition) is 6. The maximum atomic E-state index is 11.8. The van der Waals surface area contributed by atoms with E-state index >= 15 is 0 Å². The molecule has 0 aromatic carbocycles. The largest absolute Gasteiger partial charge is 0.342 e. The molecule has 0 bridgehead atoms. The van der Waals surface area contributed by atoms with E-state index in [4.69, 9.17) is 19.6 Å². The average molecular weight is 431 g/mol. The minimum Gasteiger partial charge on any atom is -0.298 e. The van der Waals surface area contributed by atoms with Gasteiger partial charge in [-0.15, -0.1) is 0 Å². The maximum Gasteiger partial charge on any atom is 0.342 e. The molecule has 0 aliphatic heterocycles. The van der Waals surface area contributed by atoms with E-state index in [0.29, 0.717) is 25.7 Å². The molecule has 30 heavy (non-hydrogen) atoms. The number of rotatable bonds is 19. The van der Waals surface area contributed by atoms with Crippen molar-refractivity contribution < 1.29 is 29.1 Å². The zero-order valence-electron chi connectivity index (χ0n) is 20.3. The molecule has 0 atom stereocenters. The van der Waals surface area contributed by atoms with Crippen molar-refractivity contribution in [2.24, 2.45) is 0 Å². The molecule has 0 aliphatic carbocycles. The molecule has 0 aliphatic rings. The molecular formula is C24H46O6. The van der Waals surface area contributed by atoms with Crippen molar-refractivity contribution in [1.29, 1.82) is 0 Å². The summed E-state index contributed by atoms with van der Waals surface area (Å²) in [7, 11) is 0. The third-order valence-electron chi connectivity index (χ3n) is 5.02. The van der Waals surface area contributed by atoms with E-state index in [1.807, 2.05) is 27.7 Å². The summed E-state index contributed by atoms with van der Waals surface area (Å²) in [6, 6.07) is 0. The fraction of sp³-hybridized carbons (Fsp3) is 0.917. The van der Waals surface area contributed by atoms with Gasteiger partial charge in [0.15, 0.2) is 0 Å². The minimum absolute atomic E-state index is 0.331. The van der Waals surface area contributed by atoms with Crippen LogP contribution < -0.4 is 0 Å². The summed E-state index contributed by atoms with van der Waals surface area (Å²) in [6.45, 7) is 11.8. The second-order valence-corrected chi connectivity index (χ2v) is 9.43. The predicted molar refractivity (Wildman–Crippen MR) is 118 cm³/mol. The van der Waals surface area contributed by atoms with Gasteiger partial charge in [0.25, 0.3) is 0 Å². The highest BCUT2D eigenvalue weighted by Gasteiger charge is 2.29. The smallest absolute Gasteiger partial charge is 0.298 e. The summed E-state index contributed by atoms with van der Waals surface area (Å²) < 4.78 is 0. The lowest BCUT2D eigenvalue weighted by Gasteiger charge is -2.28. The molecule has 0 aromatic heterocycles. The molecular weight excluding hydrogens is 384 g/mol. The van der Waals surface area contributed by atoms with Gasteiger partial charge in [0.1, 0.15) is 11.2 Å². The molecule has 0 fully saturated rings. The topological polar surface area (TPSA) is 71.1 Å². The zero-order valence-corrected chi connectivity index (χ0v) is 20.3. The molecule has 178 valence electrons. The highest BCUT2D eigenvalue weighted by molar-refractivity contribution is 5.68. The molecule has 0 saturated heterocycles. The van der Waals surface area contributed by atoms with Crippen molar-refractivity contribution >= 4 is 11.9 Å². The highest BCUT2D eigenvalue weighted by Crippen LogP contribution is 2.25. The Kier molecular flexibility index (Phi) is 15.9. The van der Waals surface area contributed by atoms with Crippen LogP contribution in [-0.4, -0.2) is 23.1 Å². The van der Waals surface area contributed by atoms with Crippen LogP contribution in [0, 0.1) is 0 Å². The molecule has 0 N–H and O–H groups in total. The van der Waals surface area contributed by atoms with Crippen LogP contribution in [0.2, 0.25) is 0 Å². The number of carbonyl (C=O) groups excluding carboxylic acids is 2. The lowest BCUT2D eigenvalue weighted by Crippen LogP contribution is -2.32. The Hall–Kier alpha value is -1.14. The Bertz CT molecular complexity index is 417. The normalized spacial score (nSPS) is 12.1. The van der Waals surface area contributed by atoms with Gasteiger partial charge in [-0.25, -0.2) is 9.59 Å². The number of carbonyl (C=O) groups is 2. The Balaban J connectivity index is 4.01. The van der Waals surface area contributed by atoms with Crippen LogP contribution in [0.3, 0.4) is 0 Å². The van der Waals surface area contributed by atoms with Gasteiger partial charge in [0.2, 0.25) is 0 Å². The van der Waals surface area contributed by atoms with Gasteiger partial charge in [-0.1, -0.05) is 65.2 Å². The van der Waals surface area contributed by atoms with Crippen molar-refractivity contribution in [3.63, 3.8) is 0 Å². The molecule has 0 amide bonds. The monoisotopic (exact) mass is 430 g/mol. The first-order chi connectivity index (χ1) is 14.1. The standard InChI is InChI=1S/C24H46O6/c1-7-9-11-13-15-17-21(25)27-29-23(3,4)19-20-24(5,6)30-28-22(26)18-16-14-12-10-8-2/h7-20H2,1-6H3. The first-order valence-corrected chi connectivity index (χ1v) is 11.9. The van der Waals surface area contributed by atoms with Crippen LogP contribution in [0.5, 0.6) is 0 Å². The molecule has 0 saturated carbocycles. The van der Waals surface area contributed by atoms with Gasteiger partial charge in [0.05, 0.1) is 0 Å². The average Bonchev–Trinajstić information content (AvgIpc) is 2.69. The van der Waals surface area contributed by atoms with E-state index in [9.17, 15) is 9.59 Å². The van der Waals surface area contributed by atoms with E-state index in [1.54, 1.807) is 0 Å². The SMILES string of the molecule is CCCCCCCC(=O)OOC(C)(C)CCC(C)(C)OOC(=O)CCCCCCC. The quantitative estimate of drug-likeness (QED) is 0.125. The molecule has 0 aromatic rings. The molecule has 0 rings (SSSR count). The van der Waals surface area contributed by atoms with Crippen LogP contribution in [0.25, 0.3) is 0 Å². The first-order valence-electron chi connectivity index (χ1n) is 11.9. The van der Waals surface area contributed by atoms with Crippen molar-refractivity contribution in [2.75, 3.05) is 0 Å². The number of unbranched alkanes of at least 4 members (excludes halogenated alkanes) is 8. The summed E-state index contributed by atoms with van der Waals surface area (Å²) in [6.07, 6.45) is 12.7. The van der Waals surface area contributed by atoms with Crippen molar-refractivity contribution in [1.82, 2.24) is 0 Å². The Morgan fingerprint density at radius 2 is 0.900 bits per heavy atom. The van der Waals surface area contributed by atoms with Crippen LogP contribution in [0.4, 0.5) is 0 Å². The van der Waals surface area contributed by atoms with Crippen LogP contribution >= 0.6 is 0 Å². The molecule has 6 heteroatoms. The van der Waals surface area contributed by atoms with Gasteiger partial charge >= 0.3 is 11.9 Å².